The zero-order valence-corrected chi connectivity index (χ0v) is 16.3. The van der Waals surface area contributed by atoms with E-state index < -0.39 is 0 Å². The van der Waals surface area contributed by atoms with E-state index in [4.69, 9.17) is 0 Å². The van der Waals surface area contributed by atoms with Crippen molar-refractivity contribution >= 4 is 17.2 Å². The lowest BCUT2D eigenvalue weighted by Crippen LogP contribution is -2.27. The Morgan fingerprint density at radius 2 is 2.04 bits per heavy atom. The molecule has 0 unspecified atom stereocenters. The predicted octanol–water partition coefficient (Wildman–Crippen LogP) is 4.73. The van der Waals surface area contributed by atoms with Gasteiger partial charge in [-0.2, -0.15) is 9.61 Å². The van der Waals surface area contributed by atoms with Gasteiger partial charge in [0.1, 0.15) is 6.33 Å². The normalized spacial score (nSPS) is 19.6. The van der Waals surface area contributed by atoms with E-state index in [0.717, 1.165) is 35.7 Å². The first-order valence-corrected chi connectivity index (χ1v) is 10.3. The summed E-state index contributed by atoms with van der Waals surface area (Å²) in [6, 6.07) is 11.7. The van der Waals surface area contributed by atoms with Crippen LogP contribution in [-0.4, -0.2) is 25.7 Å². The average molecular weight is 377 g/mol. The van der Waals surface area contributed by atoms with Gasteiger partial charge in [0.25, 0.3) is 0 Å². The number of fused-ring (bicyclic) bond motifs is 1. The molecule has 0 atom stereocenters. The van der Waals surface area contributed by atoms with Gasteiger partial charge in [0.2, 0.25) is 5.91 Å². The number of hydrogen-bond acceptors (Lipinski definition) is 4. The molecule has 4 rings (SSSR count). The predicted molar refractivity (Wildman–Crippen MR) is 110 cm³/mol. The largest absolute Gasteiger partial charge is 0.326 e. The molecule has 6 heteroatoms. The van der Waals surface area contributed by atoms with Crippen LogP contribution >= 0.6 is 0 Å². The molecule has 0 radical (unpaired) electrons. The maximum atomic E-state index is 12.7. The first-order chi connectivity index (χ1) is 13.7. The standard InChI is InChI=1S/C22H27N5O/c1-2-3-5-16-8-10-17(11-9-16)22(28)24-19-7-4-6-18(14-19)20-12-13-21-25-23-15-27(21)26-20/h4,6-7,12-17H,2-3,5,8-11H2,1H3,(H,24,28). The molecular formula is C22H27N5O. The Morgan fingerprint density at radius 3 is 2.86 bits per heavy atom. The van der Waals surface area contributed by atoms with Crippen molar-refractivity contribution in [2.45, 2.75) is 51.9 Å². The number of nitrogens with zero attached hydrogens (tertiary/aromatic N) is 4. The second-order valence-electron chi connectivity index (χ2n) is 7.78. The van der Waals surface area contributed by atoms with Gasteiger partial charge in [-0.05, 0) is 55.9 Å². The van der Waals surface area contributed by atoms with E-state index >= 15 is 0 Å². The van der Waals surface area contributed by atoms with Crippen molar-refractivity contribution < 1.29 is 4.79 Å². The van der Waals surface area contributed by atoms with Gasteiger partial charge in [0.15, 0.2) is 5.65 Å². The van der Waals surface area contributed by atoms with E-state index in [1.165, 1.54) is 32.1 Å². The highest BCUT2D eigenvalue weighted by Crippen LogP contribution is 2.32. The smallest absolute Gasteiger partial charge is 0.227 e. The van der Waals surface area contributed by atoms with Crippen molar-refractivity contribution in [3.05, 3.63) is 42.7 Å². The molecule has 0 saturated heterocycles. The Labute approximate surface area is 165 Å². The number of amides is 1. The number of aromatic nitrogens is 4. The molecule has 0 bridgehead atoms. The second kappa shape index (κ2) is 8.50. The summed E-state index contributed by atoms with van der Waals surface area (Å²) in [6.07, 6.45) is 9.84. The SMILES string of the molecule is CCCCC1CCC(C(=O)Nc2cccc(-c3ccc4nncn4n3)c2)CC1. The van der Waals surface area contributed by atoms with Gasteiger partial charge < -0.3 is 5.32 Å². The van der Waals surface area contributed by atoms with E-state index in [-0.39, 0.29) is 11.8 Å². The molecule has 1 N–H and O–H groups in total. The van der Waals surface area contributed by atoms with Gasteiger partial charge in [0.05, 0.1) is 5.69 Å². The molecule has 2 heterocycles. The molecule has 1 saturated carbocycles. The van der Waals surface area contributed by atoms with E-state index in [0.29, 0.717) is 5.65 Å². The Hall–Kier alpha value is -2.76. The minimum atomic E-state index is 0.132. The molecule has 1 amide bonds. The zero-order chi connectivity index (χ0) is 19.3. The molecule has 1 aliphatic rings. The quantitative estimate of drug-likeness (QED) is 0.674. The Morgan fingerprint density at radius 1 is 1.18 bits per heavy atom. The van der Waals surface area contributed by atoms with Crippen molar-refractivity contribution in [3.63, 3.8) is 0 Å². The summed E-state index contributed by atoms with van der Waals surface area (Å²) in [5.41, 5.74) is 3.31. The highest BCUT2D eigenvalue weighted by Gasteiger charge is 2.26. The molecule has 0 aliphatic heterocycles. The minimum absolute atomic E-state index is 0.132. The lowest BCUT2D eigenvalue weighted by Gasteiger charge is -2.27. The van der Waals surface area contributed by atoms with Crippen LogP contribution in [0.3, 0.4) is 0 Å². The van der Waals surface area contributed by atoms with Crippen LogP contribution in [0, 0.1) is 11.8 Å². The molecule has 146 valence electrons. The van der Waals surface area contributed by atoms with Crippen LogP contribution in [0.25, 0.3) is 16.9 Å². The summed E-state index contributed by atoms with van der Waals surface area (Å²) in [4.78, 5) is 12.7. The van der Waals surface area contributed by atoms with E-state index in [1.807, 2.05) is 36.4 Å². The molecule has 1 aromatic carbocycles. The number of carbonyl (C=O) groups is 1. The summed E-state index contributed by atoms with van der Waals surface area (Å²) in [5.74, 6) is 1.09. The summed E-state index contributed by atoms with van der Waals surface area (Å²) in [5, 5.41) is 15.5. The van der Waals surface area contributed by atoms with Crippen molar-refractivity contribution in [1.29, 1.82) is 0 Å². The van der Waals surface area contributed by atoms with Gasteiger partial charge in [0, 0.05) is 17.2 Å². The lowest BCUT2D eigenvalue weighted by molar-refractivity contribution is -0.121. The zero-order valence-electron chi connectivity index (χ0n) is 16.3. The topological polar surface area (TPSA) is 72.2 Å². The molecule has 1 aliphatic carbocycles. The highest BCUT2D eigenvalue weighted by atomic mass is 16.1. The molecule has 1 fully saturated rings. The fourth-order valence-corrected chi connectivity index (χ4v) is 4.09. The highest BCUT2D eigenvalue weighted by molar-refractivity contribution is 5.93. The molecule has 6 nitrogen and oxygen atoms in total. The second-order valence-corrected chi connectivity index (χ2v) is 7.78. The number of rotatable bonds is 6. The van der Waals surface area contributed by atoms with Crippen molar-refractivity contribution in [2.75, 3.05) is 5.32 Å². The van der Waals surface area contributed by atoms with E-state index in [9.17, 15) is 4.79 Å². The van der Waals surface area contributed by atoms with E-state index in [1.54, 1.807) is 10.8 Å². The maximum absolute atomic E-state index is 12.7. The Bertz CT molecular complexity index is 943. The van der Waals surface area contributed by atoms with Crippen LogP contribution in [0.1, 0.15) is 51.9 Å². The van der Waals surface area contributed by atoms with Gasteiger partial charge in [-0.3, -0.25) is 4.79 Å². The molecule has 2 aromatic heterocycles. The van der Waals surface area contributed by atoms with Crippen LogP contribution in [0.2, 0.25) is 0 Å². The van der Waals surface area contributed by atoms with Gasteiger partial charge in [-0.1, -0.05) is 38.3 Å². The van der Waals surface area contributed by atoms with Crippen LogP contribution in [0.15, 0.2) is 42.7 Å². The summed E-state index contributed by atoms with van der Waals surface area (Å²) < 4.78 is 1.65. The molecule has 28 heavy (non-hydrogen) atoms. The fourth-order valence-electron chi connectivity index (χ4n) is 4.09. The van der Waals surface area contributed by atoms with Gasteiger partial charge in [-0.15, -0.1) is 10.2 Å². The van der Waals surface area contributed by atoms with Crippen LogP contribution in [-0.2, 0) is 4.79 Å². The maximum Gasteiger partial charge on any atom is 0.227 e. The summed E-state index contributed by atoms with van der Waals surface area (Å²) >= 11 is 0. The molecule has 0 spiro atoms. The van der Waals surface area contributed by atoms with Gasteiger partial charge >= 0.3 is 0 Å². The molecule has 3 aromatic rings. The summed E-state index contributed by atoms with van der Waals surface area (Å²) in [6.45, 7) is 2.24. The van der Waals surface area contributed by atoms with Crippen LogP contribution in [0.4, 0.5) is 5.69 Å². The fraction of sp³-hybridized carbons (Fsp3) is 0.455. The number of unbranched alkanes of at least 4 members (excludes halogenated alkanes) is 1. The molecular weight excluding hydrogens is 350 g/mol. The van der Waals surface area contributed by atoms with Crippen molar-refractivity contribution in [3.8, 4) is 11.3 Å². The van der Waals surface area contributed by atoms with E-state index in [2.05, 4.69) is 27.5 Å². The first kappa shape index (κ1) is 18.6. The Balaban J connectivity index is 1.40. The minimum Gasteiger partial charge on any atom is -0.326 e. The number of carbonyl (C=O) groups excluding carboxylic acids is 1. The third-order valence-corrected chi connectivity index (χ3v) is 5.77. The first-order valence-electron chi connectivity index (χ1n) is 10.3. The van der Waals surface area contributed by atoms with Crippen molar-refractivity contribution in [1.82, 2.24) is 19.8 Å². The summed E-state index contributed by atoms with van der Waals surface area (Å²) in [7, 11) is 0. The average Bonchev–Trinajstić information content (AvgIpc) is 3.20. The third kappa shape index (κ3) is 4.21. The van der Waals surface area contributed by atoms with Crippen LogP contribution < -0.4 is 5.32 Å². The van der Waals surface area contributed by atoms with Gasteiger partial charge in [-0.25, -0.2) is 0 Å². The van der Waals surface area contributed by atoms with Crippen molar-refractivity contribution in [2.24, 2.45) is 11.8 Å². The lowest BCUT2D eigenvalue weighted by atomic mass is 9.79. The van der Waals surface area contributed by atoms with Crippen LogP contribution in [0.5, 0.6) is 0 Å². The number of benzene rings is 1. The Kier molecular flexibility index (Phi) is 5.65. The number of nitrogens with one attached hydrogen (secondary N) is 1. The number of anilines is 1. The third-order valence-electron chi connectivity index (χ3n) is 5.77. The number of hydrogen-bond donors (Lipinski definition) is 1. The monoisotopic (exact) mass is 377 g/mol.